The summed E-state index contributed by atoms with van der Waals surface area (Å²) in [7, 11) is 0. The van der Waals surface area contributed by atoms with E-state index in [4.69, 9.17) is 4.74 Å². The minimum absolute atomic E-state index is 0.0588. The Morgan fingerprint density at radius 1 is 1.03 bits per heavy atom. The highest BCUT2D eigenvalue weighted by Gasteiger charge is 2.46. The van der Waals surface area contributed by atoms with Crippen molar-refractivity contribution in [1.29, 1.82) is 0 Å². The summed E-state index contributed by atoms with van der Waals surface area (Å²) in [5.41, 5.74) is 3.84. The van der Waals surface area contributed by atoms with Crippen LogP contribution in [0.3, 0.4) is 0 Å². The van der Waals surface area contributed by atoms with Gasteiger partial charge in [0.25, 0.3) is 0 Å². The molecule has 4 heterocycles. The molecule has 0 aliphatic carbocycles. The molecule has 0 saturated carbocycles. The SMILES string of the molecule is Cc1cc(Oc2ccccc2)ccc1N1C(=O)NC2c3c1ccnc3SC2N1CCNCC1. The molecule has 2 aromatic carbocycles. The predicted molar refractivity (Wildman–Crippen MR) is 129 cm³/mol. The number of nitrogens with zero attached hydrogens (tertiary/aromatic N) is 3. The number of para-hydroxylation sites is 1. The maximum atomic E-state index is 13.4. The average Bonchev–Trinajstić information content (AvgIpc) is 3.21. The maximum absolute atomic E-state index is 13.4. The summed E-state index contributed by atoms with van der Waals surface area (Å²) in [5.74, 6) is 1.53. The summed E-state index contributed by atoms with van der Waals surface area (Å²) in [6.45, 7) is 5.89. The monoisotopic (exact) mass is 459 g/mol. The Kier molecular flexibility index (Phi) is 5.21. The Hall–Kier alpha value is -3.07. The average molecular weight is 460 g/mol. The van der Waals surface area contributed by atoms with Gasteiger partial charge in [-0.3, -0.25) is 9.80 Å². The first-order chi connectivity index (χ1) is 16.2. The predicted octanol–water partition coefficient (Wildman–Crippen LogP) is 4.42. The van der Waals surface area contributed by atoms with Crippen LogP contribution >= 0.6 is 11.8 Å². The Balaban J connectivity index is 1.33. The first-order valence-corrected chi connectivity index (χ1v) is 12.1. The second-order valence-electron chi connectivity index (χ2n) is 8.47. The Labute approximate surface area is 197 Å². The number of anilines is 2. The third-order valence-electron chi connectivity index (χ3n) is 6.38. The number of urea groups is 1. The van der Waals surface area contributed by atoms with Crippen LogP contribution in [-0.4, -0.2) is 47.5 Å². The molecule has 2 amide bonds. The lowest BCUT2D eigenvalue weighted by Gasteiger charge is -2.39. The van der Waals surface area contributed by atoms with Crippen molar-refractivity contribution >= 4 is 29.2 Å². The van der Waals surface area contributed by atoms with Crippen molar-refractivity contribution in [2.24, 2.45) is 0 Å². The van der Waals surface area contributed by atoms with Crippen molar-refractivity contribution in [2.45, 2.75) is 23.4 Å². The Bertz CT molecular complexity index is 1200. The summed E-state index contributed by atoms with van der Waals surface area (Å²) in [6.07, 6.45) is 1.81. The molecule has 3 aliphatic heterocycles. The maximum Gasteiger partial charge on any atom is 0.327 e. The lowest BCUT2D eigenvalue weighted by atomic mass is 10.0. The second kappa shape index (κ2) is 8.37. The van der Waals surface area contributed by atoms with Gasteiger partial charge in [-0.25, -0.2) is 9.78 Å². The zero-order valence-corrected chi connectivity index (χ0v) is 19.1. The standard InChI is InChI=1S/C25H25N5O2S/c1-16-15-18(32-17-5-3-2-4-6-17)7-8-19(16)30-20-9-10-27-23-21(20)22(28-25(30)31)24(33-23)29-13-11-26-12-14-29/h2-10,15,22,24,26H,11-14H2,1H3,(H,28,31). The van der Waals surface area contributed by atoms with Crippen LogP contribution < -0.4 is 20.3 Å². The van der Waals surface area contributed by atoms with Crippen LogP contribution in [0.5, 0.6) is 11.5 Å². The minimum Gasteiger partial charge on any atom is -0.457 e. The van der Waals surface area contributed by atoms with E-state index in [2.05, 4.69) is 20.5 Å². The molecule has 2 unspecified atom stereocenters. The molecule has 168 valence electrons. The molecular weight excluding hydrogens is 434 g/mol. The van der Waals surface area contributed by atoms with Gasteiger partial charge in [-0.15, -0.1) is 0 Å². The number of hydrogen-bond donors (Lipinski definition) is 2. The van der Waals surface area contributed by atoms with E-state index in [1.165, 1.54) is 0 Å². The molecule has 2 N–H and O–H groups in total. The van der Waals surface area contributed by atoms with Gasteiger partial charge in [-0.1, -0.05) is 30.0 Å². The number of hydrogen-bond acceptors (Lipinski definition) is 6. The molecule has 1 fully saturated rings. The van der Waals surface area contributed by atoms with E-state index in [0.717, 1.165) is 65.2 Å². The molecule has 3 aromatic rings. The molecule has 0 radical (unpaired) electrons. The number of thioether (sulfide) groups is 1. The van der Waals surface area contributed by atoms with Crippen LogP contribution in [0.15, 0.2) is 65.8 Å². The van der Waals surface area contributed by atoms with Gasteiger partial charge >= 0.3 is 6.03 Å². The van der Waals surface area contributed by atoms with E-state index < -0.39 is 0 Å². The van der Waals surface area contributed by atoms with Gasteiger partial charge in [0.1, 0.15) is 16.5 Å². The number of carbonyl (C=O) groups is 1. The first-order valence-electron chi connectivity index (χ1n) is 11.2. The van der Waals surface area contributed by atoms with E-state index in [1.807, 2.05) is 67.7 Å². The third-order valence-corrected chi connectivity index (χ3v) is 7.74. The summed E-state index contributed by atoms with van der Waals surface area (Å²) in [5, 5.41) is 7.87. The zero-order valence-electron chi connectivity index (χ0n) is 18.3. The van der Waals surface area contributed by atoms with Crippen LogP contribution in [0.4, 0.5) is 16.2 Å². The lowest BCUT2D eigenvalue weighted by molar-refractivity contribution is 0.193. The molecule has 0 spiro atoms. The van der Waals surface area contributed by atoms with Crippen LogP contribution in [0.25, 0.3) is 0 Å². The van der Waals surface area contributed by atoms with Crippen molar-refractivity contribution in [3.8, 4) is 11.5 Å². The number of amides is 2. The highest BCUT2D eigenvalue weighted by Crippen LogP contribution is 2.51. The fraction of sp³-hybridized carbons (Fsp3) is 0.280. The van der Waals surface area contributed by atoms with E-state index >= 15 is 0 Å². The Morgan fingerprint density at radius 3 is 2.64 bits per heavy atom. The number of piperazine rings is 1. The van der Waals surface area contributed by atoms with E-state index in [9.17, 15) is 4.79 Å². The normalized spacial score (nSPS) is 22.1. The van der Waals surface area contributed by atoms with Gasteiger partial charge in [0.15, 0.2) is 0 Å². The van der Waals surface area contributed by atoms with Crippen molar-refractivity contribution in [1.82, 2.24) is 20.5 Å². The second-order valence-corrected chi connectivity index (χ2v) is 9.57. The quantitative estimate of drug-likeness (QED) is 0.602. The highest BCUT2D eigenvalue weighted by atomic mass is 32.2. The topological polar surface area (TPSA) is 69.7 Å². The van der Waals surface area contributed by atoms with Crippen molar-refractivity contribution in [3.63, 3.8) is 0 Å². The zero-order chi connectivity index (χ0) is 22.4. The van der Waals surface area contributed by atoms with Crippen LogP contribution in [-0.2, 0) is 0 Å². The summed E-state index contributed by atoms with van der Waals surface area (Å²) >= 11 is 1.76. The van der Waals surface area contributed by atoms with Gasteiger partial charge in [-0.05, 0) is 48.9 Å². The largest absolute Gasteiger partial charge is 0.457 e. The molecule has 1 saturated heterocycles. The number of pyridine rings is 1. The fourth-order valence-corrected chi connectivity index (χ4v) is 6.24. The Morgan fingerprint density at radius 2 is 1.85 bits per heavy atom. The summed E-state index contributed by atoms with van der Waals surface area (Å²) < 4.78 is 5.98. The molecule has 1 aromatic heterocycles. The van der Waals surface area contributed by atoms with E-state index in [0.29, 0.717) is 0 Å². The van der Waals surface area contributed by atoms with Gasteiger partial charge < -0.3 is 15.4 Å². The molecule has 3 aliphatic rings. The first kappa shape index (κ1) is 20.5. The molecular formula is C25H25N5O2S. The van der Waals surface area contributed by atoms with E-state index in [1.54, 1.807) is 16.7 Å². The highest BCUT2D eigenvalue weighted by molar-refractivity contribution is 8.00. The smallest absolute Gasteiger partial charge is 0.327 e. The summed E-state index contributed by atoms with van der Waals surface area (Å²) in [6, 6.07) is 17.3. The molecule has 33 heavy (non-hydrogen) atoms. The number of carbonyl (C=O) groups excluding carboxylic acids is 1. The molecule has 8 heteroatoms. The third kappa shape index (κ3) is 3.64. The number of rotatable bonds is 4. The molecule has 0 bridgehead atoms. The number of aryl methyl sites for hydroxylation is 1. The fourth-order valence-electron chi connectivity index (χ4n) is 4.83. The number of benzene rings is 2. The lowest BCUT2D eigenvalue weighted by Crippen LogP contribution is -2.53. The minimum atomic E-state index is -0.105. The molecule has 2 atom stereocenters. The van der Waals surface area contributed by atoms with Crippen molar-refractivity contribution in [3.05, 3.63) is 71.9 Å². The van der Waals surface area contributed by atoms with Crippen molar-refractivity contribution < 1.29 is 9.53 Å². The van der Waals surface area contributed by atoms with Gasteiger partial charge in [-0.2, -0.15) is 0 Å². The molecule has 7 nitrogen and oxygen atoms in total. The summed E-state index contributed by atoms with van der Waals surface area (Å²) in [4.78, 5) is 22.3. The van der Waals surface area contributed by atoms with Gasteiger partial charge in [0, 0.05) is 37.9 Å². The van der Waals surface area contributed by atoms with Gasteiger partial charge in [0.05, 0.1) is 22.8 Å². The van der Waals surface area contributed by atoms with Crippen LogP contribution in [0.1, 0.15) is 17.2 Å². The van der Waals surface area contributed by atoms with Gasteiger partial charge in [0.2, 0.25) is 0 Å². The number of nitrogens with one attached hydrogen (secondary N) is 2. The van der Waals surface area contributed by atoms with Crippen LogP contribution in [0.2, 0.25) is 0 Å². The van der Waals surface area contributed by atoms with E-state index in [-0.39, 0.29) is 17.4 Å². The number of ether oxygens (including phenoxy) is 1. The molecule has 6 rings (SSSR count). The number of aromatic nitrogens is 1. The van der Waals surface area contributed by atoms with Crippen molar-refractivity contribution in [2.75, 3.05) is 31.1 Å². The van der Waals surface area contributed by atoms with Crippen LogP contribution in [0, 0.1) is 6.92 Å².